The fourth-order valence-electron chi connectivity index (χ4n) is 7.47. The first-order chi connectivity index (χ1) is 24.7. The van der Waals surface area contributed by atoms with Gasteiger partial charge in [-0.05, 0) is 83.4 Å². The van der Waals surface area contributed by atoms with Crippen molar-refractivity contribution in [3.8, 4) is 51.8 Å². The minimum atomic E-state index is 0.521. The monoisotopic (exact) mass is 635 g/mol. The van der Waals surface area contributed by atoms with E-state index >= 15 is 0 Å². The van der Waals surface area contributed by atoms with E-state index in [0.717, 1.165) is 66.5 Å². The number of nitrogens with zero attached hydrogens (tertiary/aromatic N) is 5. The lowest BCUT2D eigenvalue weighted by Gasteiger charge is -2.16. The standard InChI is InChI=1S/C45H25N5/c46-26-29-18-23-41-38(24-29)45-34(28-48)10-7-17-43(45)50(41)42-16-6-9-33(27-47)44(42)31-21-19-30(20-22-31)32-8-5-11-35(25-32)49-39-14-3-1-12-36(39)37-13-2-4-15-40(37)49/h1-25H. The van der Waals surface area contributed by atoms with E-state index in [1.54, 1.807) is 12.1 Å². The van der Waals surface area contributed by atoms with Gasteiger partial charge in [-0.1, -0.05) is 84.9 Å². The largest absolute Gasteiger partial charge is 0.309 e. The molecule has 0 radical (unpaired) electrons. The third-order valence-corrected chi connectivity index (χ3v) is 9.63. The maximum Gasteiger partial charge on any atom is 0.0998 e. The Balaban J connectivity index is 1.19. The Kier molecular flexibility index (Phi) is 6.56. The first-order valence-corrected chi connectivity index (χ1v) is 16.3. The molecule has 0 aliphatic heterocycles. The minimum absolute atomic E-state index is 0.521. The number of hydrogen-bond donors (Lipinski definition) is 0. The van der Waals surface area contributed by atoms with Crippen LogP contribution >= 0.6 is 0 Å². The van der Waals surface area contributed by atoms with E-state index in [2.05, 4.69) is 124 Å². The van der Waals surface area contributed by atoms with Crippen LogP contribution in [0.4, 0.5) is 0 Å². The van der Waals surface area contributed by atoms with Crippen LogP contribution in [0.1, 0.15) is 16.7 Å². The number of aromatic nitrogens is 2. The summed E-state index contributed by atoms with van der Waals surface area (Å²) in [4.78, 5) is 0. The van der Waals surface area contributed by atoms with Gasteiger partial charge in [-0.3, -0.25) is 0 Å². The van der Waals surface area contributed by atoms with Gasteiger partial charge in [0, 0.05) is 32.8 Å². The molecule has 0 unspecified atom stereocenters. The molecule has 0 N–H and O–H groups in total. The lowest BCUT2D eigenvalue weighted by molar-refractivity contribution is 1.18. The van der Waals surface area contributed by atoms with E-state index in [1.807, 2.05) is 42.5 Å². The smallest absolute Gasteiger partial charge is 0.0998 e. The SMILES string of the molecule is N#Cc1ccc2c(c1)c1c(C#N)cccc1n2-c1cccc(C#N)c1-c1ccc(-c2cccc(-n3c4ccccc4c4ccccc43)c2)cc1. The highest BCUT2D eigenvalue weighted by atomic mass is 15.0. The highest BCUT2D eigenvalue weighted by Gasteiger charge is 2.20. The Morgan fingerprint density at radius 1 is 0.400 bits per heavy atom. The van der Waals surface area contributed by atoms with Crippen LogP contribution in [0.2, 0.25) is 0 Å². The summed E-state index contributed by atoms with van der Waals surface area (Å²) < 4.78 is 4.42. The quantitative estimate of drug-likeness (QED) is 0.193. The lowest BCUT2D eigenvalue weighted by Crippen LogP contribution is -1.99. The van der Waals surface area contributed by atoms with Crippen molar-refractivity contribution in [2.75, 3.05) is 0 Å². The van der Waals surface area contributed by atoms with Crippen LogP contribution in [-0.4, -0.2) is 9.13 Å². The molecule has 7 aromatic carbocycles. The number of hydrogen-bond acceptors (Lipinski definition) is 3. The highest BCUT2D eigenvalue weighted by molar-refractivity contribution is 6.13. The summed E-state index contributed by atoms with van der Waals surface area (Å²) in [6, 6.07) is 57.9. The molecule has 0 aliphatic carbocycles. The van der Waals surface area contributed by atoms with E-state index < -0.39 is 0 Å². The van der Waals surface area contributed by atoms with Crippen molar-refractivity contribution < 1.29 is 0 Å². The van der Waals surface area contributed by atoms with Gasteiger partial charge in [-0.25, -0.2) is 0 Å². The minimum Gasteiger partial charge on any atom is -0.309 e. The molecule has 5 heteroatoms. The molecular weight excluding hydrogens is 611 g/mol. The normalized spacial score (nSPS) is 11.1. The van der Waals surface area contributed by atoms with Crippen LogP contribution in [-0.2, 0) is 0 Å². The van der Waals surface area contributed by atoms with Crippen molar-refractivity contribution in [2.45, 2.75) is 0 Å². The van der Waals surface area contributed by atoms with Gasteiger partial charge in [-0.2, -0.15) is 15.8 Å². The molecule has 9 rings (SSSR count). The van der Waals surface area contributed by atoms with Gasteiger partial charge in [0.2, 0.25) is 0 Å². The molecule has 0 atom stereocenters. The molecule has 50 heavy (non-hydrogen) atoms. The molecule has 0 bridgehead atoms. The molecule has 230 valence electrons. The molecule has 0 aliphatic rings. The molecule has 9 aromatic rings. The zero-order valence-electron chi connectivity index (χ0n) is 26.7. The summed E-state index contributed by atoms with van der Waals surface area (Å²) >= 11 is 0. The van der Waals surface area contributed by atoms with Crippen molar-refractivity contribution in [2.24, 2.45) is 0 Å². The molecule has 0 amide bonds. The van der Waals surface area contributed by atoms with Gasteiger partial charge in [0.25, 0.3) is 0 Å². The van der Waals surface area contributed by atoms with Crippen molar-refractivity contribution in [1.82, 2.24) is 9.13 Å². The number of para-hydroxylation sites is 2. The van der Waals surface area contributed by atoms with Gasteiger partial charge < -0.3 is 9.13 Å². The summed E-state index contributed by atoms with van der Waals surface area (Å²) in [6.07, 6.45) is 0. The van der Waals surface area contributed by atoms with E-state index in [-0.39, 0.29) is 0 Å². The van der Waals surface area contributed by atoms with Gasteiger partial charge in [0.05, 0.1) is 62.7 Å². The first-order valence-electron chi connectivity index (χ1n) is 16.3. The van der Waals surface area contributed by atoms with Crippen LogP contribution < -0.4 is 0 Å². The van der Waals surface area contributed by atoms with Gasteiger partial charge in [0.15, 0.2) is 0 Å². The van der Waals surface area contributed by atoms with Crippen molar-refractivity contribution in [3.63, 3.8) is 0 Å². The third-order valence-electron chi connectivity index (χ3n) is 9.63. The third kappa shape index (κ3) is 4.31. The molecular formula is C45H25N5. The molecule has 5 nitrogen and oxygen atoms in total. The Morgan fingerprint density at radius 3 is 1.74 bits per heavy atom. The van der Waals surface area contributed by atoms with Gasteiger partial charge in [-0.15, -0.1) is 0 Å². The molecule has 2 heterocycles. The molecule has 2 aromatic heterocycles. The first kappa shape index (κ1) is 28.8. The van der Waals surface area contributed by atoms with E-state index in [4.69, 9.17) is 0 Å². The van der Waals surface area contributed by atoms with Crippen LogP contribution in [0.5, 0.6) is 0 Å². The summed E-state index contributed by atoms with van der Waals surface area (Å²) in [7, 11) is 0. The average molecular weight is 636 g/mol. The van der Waals surface area contributed by atoms with Crippen LogP contribution in [0.25, 0.3) is 77.2 Å². The predicted octanol–water partition coefficient (Wildman–Crippen LogP) is 10.8. The fraction of sp³-hybridized carbons (Fsp3) is 0. The van der Waals surface area contributed by atoms with Crippen molar-refractivity contribution >= 4 is 43.6 Å². The molecule has 0 saturated heterocycles. The zero-order chi connectivity index (χ0) is 33.8. The van der Waals surface area contributed by atoms with E-state index in [9.17, 15) is 15.8 Å². The Labute approximate surface area is 287 Å². The summed E-state index contributed by atoms with van der Waals surface area (Å²) in [5.74, 6) is 0. The second-order valence-corrected chi connectivity index (χ2v) is 12.3. The average Bonchev–Trinajstić information content (AvgIpc) is 3.70. The van der Waals surface area contributed by atoms with Gasteiger partial charge in [0.1, 0.15) is 0 Å². The molecule has 0 fully saturated rings. The summed E-state index contributed by atoms with van der Waals surface area (Å²) in [5, 5.41) is 34.1. The maximum absolute atomic E-state index is 10.3. The fourth-order valence-corrected chi connectivity index (χ4v) is 7.47. The number of rotatable bonds is 4. The zero-order valence-corrected chi connectivity index (χ0v) is 26.7. The predicted molar refractivity (Wildman–Crippen MR) is 200 cm³/mol. The Hall–Kier alpha value is -7.39. The number of benzene rings is 7. The molecule has 0 spiro atoms. The Morgan fingerprint density at radius 2 is 1.02 bits per heavy atom. The topological polar surface area (TPSA) is 81.2 Å². The second-order valence-electron chi connectivity index (χ2n) is 12.3. The number of nitriles is 3. The van der Waals surface area contributed by atoms with E-state index in [0.29, 0.717) is 16.7 Å². The summed E-state index contributed by atoms with van der Waals surface area (Å²) in [6.45, 7) is 0. The molecule has 0 saturated carbocycles. The van der Waals surface area contributed by atoms with Crippen molar-refractivity contribution in [3.05, 3.63) is 168 Å². The summed E-state index contributed by atoms with van der Waals surface area (Å²) in [5.41, 5.74) is 11.4. The van der Waals surface area contributed by atoms with E-state index in [1.165, 1.54) is 10.8 Å². The Bertz CT molecular complexity index is 2900. The van der Waals surface area contributed by atoms with Crippen LogP contribution in [0, 0.1) is 34.0 Å². The van der Waals surface area contributed by atoms with Gasteiger partial charge >= 0.3 is 0 Å². The lowest BCUT2D eigenvalue weighted by atomic mass is 9.95. The number of fused-ring (bicyclic) bond motifs is 6. The van der Waals surface area contributed by atoms with Crippen LogP contribution in [0.3, 0.4) is 0 Å². The highest BCUT2D eigenvalue weighted by Crippen LogP contribution is 2.40. The maximum atomic E-state index is 10.3. The van der Waals surface area contributed by atoms with Crippen LogP contribution in [0.15, 0.2) is 152 Å². The second kappa shape index (κ2) is 11.4. The van der Waals surface area contributed by atoms with Crippen molar-refractivity contribution in [1.29, 1.82) is 15.8 Å².